The van der Waals surface area contributed by atoms with Crippen LogP contribution in [0.1, 0.15) is 63.6 Å². The first kappa shape index (κ1) is 31.8. The summed E-state index contributed by atoms with van der Waals surface area (Å²) in [4.78, 5) is 42.0. The Balaban J connectivity index is 1.84. The van der Waals surface area contributed by atoms with E-state index < -0.39 is 41.0 Å². The third-order valence-corrected chi connectivity index (χ3v) is 8.08. The summed E-state index contributed by atoms with van der Waals surface area (Å²) in [5.74, 6) is -3.95. The summed E-state index contributed by atoms with van der Waals surface area (Å²) in [6.07, 6.45) is 0.904. The van der Waals surface area contributed by atoms with Crippen LogP contribution in [-0.4, -0.2) is 41.5 Å². The highest BCUT2D eigenvalue weighted by Gasteiger charge is 2.56. The van der Waals surface area contributed by atoms with Crippen molar-refractivity contribution in [3.63, 3.8) is 0 Å². The molecule has 1 saturated carbocycles. The number of carbonyl (C=O) groups is 3. The molecule has 1 aliphatic rings. The molecule has 0 spiro atoms. The maximum atomic E-state index is 14.2. The fraction of sp³-hybridized carbons (Fsp3) is 0.400. The number of hydrogen-bond acceptors (Lipinski definition) is 6. The van der Waals surface area contributed by atoms with E-state index in [2.05, 4.69) is 10.6 Å². The van der Waals surface area contributed by atoms with Gasteiger partial charge in [-0.1, -0.05) is 56.3 Å². The van der Waals surface area contributed by atoms with E-state index in [1.807, 2.05) is 64.1 Å². The number of hydrogen-bond donors (Lipinski definition) is 3. The second-order valence-electron chi connectivity index (χ2n) is 11.6. The third kappa shape index (κ3) is 6.91. The molecule has 0 aromatic heterocycles. The van der Waals surface area contributed by atoms with E-state index in [9.17, 15) is 19.5 Å². The fourth-order valence-electron chi connectivity index (χ4n) is 6.06. The smallest absolute Gasteiger partial charge is 0.235 e. The first-order valence-electron chi connectivity index (χ1n) is 14.9. The highest BCUT2D eigenvalue weighted by Crippen LogP contribution is 2.48. The van der Waals surface area contributed by atoms with Gasteiger partial charge in [0.05, 0.1) is 24.7 Å². The number of carbonyl (C=O) groups excluding carboxylic acids is 3. The standard InChI is InChI=1S/C35H42N2O6/c1-7-22-13-9-11-15-25(22)36-33(39)31-27(38)20-35(5,41)32(34(40)37-26-16-12-10-14-23(26)8-2)30(31)24-17-18-28(43-21(3)4)29(19-24)42-6/h9-19,21,30-32,41H,7-8,20H2,1-6H3,(H,36,39)(H,37,40). The maximum absolute atomic E-state index is 14.2. The van der Waals surface area contributed by atoms with Crippen LogP contribution in [0.3, 0.4) is 0 Å². The summed E-state index contributed by atoms with van der Waals surface area (Å²) in [6, 6.07) is 20.0. The van der Waals surface area contributed by atoms with Gasteiger partial charge in [-0.2, -0.15) is 0 Å². The number of para-hydroxylation sites is 2. The molecular weight excluding hydrogens is 544 g/mol. The second kappa shape index (κ2) is 13.4. The predicted octanol–water partition coefficient (Wildman–Crippen LogP) is 5.92. The maximum Gasteiger partial charge on any atom is 0.235 e. The molecule has 4 unspecified atom stereocenters. The number of ketones is 1. The van der Waals surface area contributed by atoms with Crippen molar-refractivity contribution >= 4 is 29.0 Å². The molecule has 3 aromatic rings. The Hall–Kier alpha value is -4.17. The minimum absolute atomic E-state index is 0.119. The first-order chi connectivity index (χ1) is 20.5. The number of rotatable bonds is 10. The van der Waals surface area contributed by atoms with Crippen LogP contribution in [0, 0.1) is 11.8 Å². The summed E-state index contributed by atoms with van der Waals surface area (Å²) in [6.45, 7) is 9.26. The van der Waals surface area contributed by atoms with Crippen molar-refractivity contribution < 1.29 is 29.0 Å². The molecule has 3 aromatic carbocycles. The lowest BCUT2D eigenvalue weighted by Crippen LogP contribution is -2.56. The topological polar surface area (TPSA) is 114 Å². The molecule has 0 bridgehead atoms. The minimum Gasteiger partial charge on any atom is -0.493 e. The van der Waals surface area contributed by atoms with Crippen LogP contribution in [-0.2, 0) is 27.2 Å². The quantitative estimate of drug-likeness (QED) is 0.254. The number of aliphatic hydroxyl groups is 1. The average Bonchev–Trinajstić information content (AvgIpc) is 2.96. The zero-order valence-electron chi connectivity index (χ0n) is 25.8. The number of nitrogens with one attached hydrogen (secondary N) is 2. The summed E-state index contributed by atoms with van der Waals surface area (Å²) < 4.78 is 11.5. The van der Waals surface area contributed by atoms with Crippen LogP contribution in [0.25, 0.3) is 0 Å². The number of aryl methyl sites for hydroxylation is 2. The van der Waals surface area contributed by atoms with Gasteiger partial charge < -0.3 is 25.2 Å². The van der Waals surface area contributed by atoms with Crippen molar-refractivity contribution in [2.24, 2.45) is 11.8 Å². The van der Waals surface area contributed by atoms with E-state index >= 15 is 0 Å². The summed E-state index contributed by atoms with van der Waals surface area (Å²) in [5.41, 5.74) is 1.86. The SMILES string of the molecule is CCc1ccccc1NC(=O)C1C(=O)CC(C)(O)C(C(=O)Nc2ccccc2CC)C1c1ccc(OC(C)C)c(OC)c1. The normalized spacial score (nSPS) is 21.8. The molecule has 3 N–H and O–H groups in total. The third-order valence-electron chi connectivity index (χ3n) is 8.08. The number of anilines is 2. The van der Waals surface area contributed by atoms with Crippen LogP contribution < -0.4 is 20.1 Å². The Morgan fingerprint density at radius 1 is 0.907 bits per heavy atom. The van der Waals surface area contributed by atoms with Crippen LogP contribution in [0.15, 0.2) is 66.7 Å². The predicted molar refractivity (Wildman–Crippen MR) is 168 cm³/mol. The fourth-order valence-corrected chi connectivity index (χ4v) is 6.06. The monoisotopic (exact) mass is 586 g/mol. The summed E-state index contributed by atoms with van der Waals surface area (Å²) in [5, 5.41) is 17.7. The Kier molecular flexibility index (Phi) is 9.91. The molecule has 8 nitrogen and oxygen atoms in total. The number of amides is 2. The van der Waals surface area contributed by atoms with Gasteiger partial charge in [-0.05, 0) is 74.6 Å². The van der Waals surface area contributed by atoms with Crippen LogP contribution in [0.2, 0.25) is 0 Å². The molecule has 2 amide bonds. The summed E-state index contributed by atoms with van der Waals surface area (Å²) in [7, 11) is 1.51. The van der Waals surface area contributed by atoms with Crippen LogP contribution >= 0.6 is 0 Å². The lowest BCUT2D eigenvalue weighted by Gasteiger charge is -2.44. The van der Waals surface area contributed by atoms with Crippen molar-refractivity contribution in [3.05, 3.63) is 83.4 Å². The van der Waals surface area contributed by atoms with Gasteiger partial charge in [0, 0.05) is 23.7 Å². The Morgan fingerprint density at radius 3 is 2.00 bits per heavy atom. The van der Waals surface area contributed by atoms with Crippen molar-refractivity contribution in [2.45, 2.75) is 71.5 Å². The van der Waals surface area contributed by atoms with Crippen LogP contribution in [0.4, 0.5) is 11.4 Å². The largest absolute Gasteiger partial charge is 0.493 e. The first-order valence-corrected chi connectivity index (χ1v) is 14.9. The van der Waals surface area contributed by atoms with Gasteiger partial charge in [-0.15, -0.1) is 0 Å². The molecule has 1 fully saturated rings. The number of methoxy groups -OCH3 is 1. The second-order valence-corrected chi connectivity index (χ2v) is 11.6. The van der Waals surface area contributed by atoms with Gasteiger partial charge in [0.2, 0.25) is 11.8 Å². The van der Waals surface area contributed by atoms with E-state index in [1.165, 1.54) is 14.0 Å². The Bertz CT molecular complexity index is 1480. The van der Waals surface area contributed by atoms with E-state index in [0.29, 0.717) is 41.3 Å². The molecule has 8 heteroatoms. The number of benzene rings is 3. The Morgan fingerprint density at radius 2 is 1.47 bits per heavy atom. The van der Waals surface area contributed by atoms with Crippen LogP contribution in [0.5, 0.6) is 11.5 Å². The number of Topliss-reactive ketones (excluding diaryl/α,β-unsaturated/α-hetero) is 1. The molecule has 0 radical (unpaired) electrons. The zero-order valence-corrected chi connectivity index (χ0v) is 25.8. The van der Waals surface area contributed by atoms with E-state index in [0.717, 1.165) is 11.1 Å². The Labute approximate surface area is 253 Å². The van der Waals surface area contributed by atoms with Crippen molar-refractivity contribution in [2.75, 3.05) is 17.7 Å². The highest BCUT2D eigenvalue weighted by atomic mass is 16.5. The minimum atomic E-state index is -1.73. The molecule has 1 aliphatic carbocycles. The average molecular weight is 587 g/mol. The zero-order chi connectivity index (χ0) is 31.3. The van der Waals surface area contributed by atoms with Gasteiger partial charge >= 0.3 is 0 Å². The number of ether oxygens (including phenoxy) is 2. The van der Waals surface area contributed by atoms with Gasteiger partial charge in [0.15, 0.2) is 11.5 Å². The van der Waals surface area contributed by atoms with E-state index in [1.54, 1.807) is 30.3 Å². The lowest BCUT2D eigenvalue weighted by atomic mass is 9.61. The molecule has 0 aliphatic heterocycles. The molecule has 43 heavy (non-hydrogen) atoms. The molecule has 4 atom stereocenters. The van der Waals surface area contributed by atoms with Gasteiger partial charge in [0.1, 0.15) is 11.7 Å². The molecule has 228 valence electrons. The molecule has 0 heterocycles. The van der Waals surface area contributed by atoms with Gasteiger partial charge in [0.25, 0.3) is 0 Å². The van der Waals surface area contributed by atoms with Gasteiger partial charge in [-0.25, -0.2) is 0 Å². The molecule has 0 saturated heterocycles. The van der Waals surface area contributed by atoms with Gasteiger partial charge in [-0.3, -0.25) is 14.4 Å². The van der Waals surface area contributed by atoms with E-state index in [-0.39, 0.29) is 12.5 Å². The van der Waals surface area contributed by atoms with Crippen molar-refractivity contribution in [1.29, 1.82) is 0 Å². The summed E-state index contributed by atoms with van der Waals surface area (Å²) >= 11 is 0. The van der Waals surface area contributed by atoms with Crippen molar-refractivity contribution in [1.82, 2.24) is 0 Å². The molecule has 4 rings (SSSR count). The molecular formula is C35H42N2O6. The van der Waals surface area contributed by atoms with E-state index in [4.69, 9.17) is 9.47 Å². The highest BCUT2D eigenvalue weighted by molar-refractivity contribution is 6.10. The van der Waals surface area contributed by atoms with Crippen molar-refractivity contribution in [3.8, 4) is 11.5 Å². The lowest BCUT2D eigenvalue weighted by molar-refractivity contribution is -0.150.